The lowest BCUT2D eigenvalue weighted by atomic mass is 9.79. The Labute approximate surface area is 177 Å². The first-order valence-electron chi connectivity index (χ1n) is 11.1. The van der Waals surface area contributed by atoms with Crippen LogP contribution in [0.2, 0.25) is 0 Å². The number of fused-ring (bicyclic) bond motifs is 4. The Hall–Kier alpha value is -2.51. The topological polar surface area (TPSA) is 78.2 Å². The molecule has 0 amide bonds. The summed E-state index contributed by atoms with van der Waals surface area (Å²) >= 11 is 0. The fourth-order valence-corrected chi connectivity index (χ4v) is 5.49. The van der Waals surface area contributed by atoms with Gasteiger partial charge in [-0.3, -0.25) is 4.79 Å². The number of piperidine rings is 1. The number of esters is 1. The molecule has 1 spiro atoms. The molecule has 3 heterocycles. The van der Waals surface area contributed by atoms with E-state index in [4.69, 9.17) is 15.1 Å². The number of aryl methyl sites for hydroxylation is 1. The molecular formula is C23H29N5O2. The Kier molecular flexibility index (Phi) is 5.16. The Bertz CT molecular complexity index is 913. The van der Waals surface area contributed by atoms with Gasteiger partial charge in [-0.2, -0.15) is 0 Å². The van der Waals surface area contributed by atoms with Gasteiger partial charge in [0.1, 0.15) is 11.7 Å². The molecule has 2 aliphatic heterocycles. The van der Waals surface area contributed by atoms with Gasteiger partial charge in [-0.05, 0) is 56.7 Å². The lowest BCUT2D eigenvalue weighted by Crippen LogP contribution is -2.49. The third-order valence-electron chi connectivity index (χ3n) is 6.76. The number of nitrogens with one attached hydrogen (secondary N) is 1. The zero-order chi connectivity index (χ0) is 20.6. The number of carbonyl (C=O) groups excluding carboxylic acids is 1. The van der Waals surface area contributed by atoms with Crippen LogP contribution in [-0.4, -0.2) is 46.3 Å². The monoisotopic (exact) mass is 407 g/mol. The number of carbonyl (C=O) groups is 1. The maximum Gasteiger partial charge on any atom is 0.292 e. The van der Waals surface area contributed by atoms with Crippen LogP contribution in [0, 0.1) is 5.92 Å². The van der Waals surface area contributed by atoms with Crippen molar-refractivity contribution in [3.63, 3.8) is 0 Å². The van der Waals surface area contributed by atoms with Gasteiger partial charge in [0.25, 0.3) is 5.97 Å². The van der Waals surface area contributed by atoms with Gasteiger partial charge in [0.15, 0.2) is 0 Å². The molecule has 7 nitrogen and oxygen atoms in total. The Morgan fingerprint density at radius 2 is 2.03 bits per heavy atom. The zero-order valence-corrected chi connectivity index (χ0v) is 17.5. The fourth-order valence-electron chi connectivity index (χ4n) is 5.49. The van der Waals surface area contributed by atoms with E-state index in [0.29, 0.717) is 17.1 Å². The number of quaternary nitrogens is 1. The number of para-hydroxylation sites is 1. The van der Waals surface area contributed by atoms with Crippen molar-refractivity contribution >= 4 is 17.6 Å². The number of nitrogens with zero attached hydrogens (tertiary/aromatic N) is 4. The molecule has 0 saturated carbocycles. The summed E-state index contributed by atoms with van der Waals surface area (Å²) < 4.78 is 6.04. The van der Waals surface area contributed by atoms with E-state index in [1.807, 2.05) is 43.5 Å². The molecule has 3 atom stereocenters. The van der Waals surface area contributed by atoms with Gasteiger partial charge in [-0.1, -0.05) is 18.2 Å². The van der Waals surface area contributed by atoms with E-state index in [9.17, 15) is 4.79 Å². The Morgan fingerprint density at radius 1 is 1.23 bits per heavy atom. The fraction of sp³-hybridized carbons (Fsp3) is 0.522. The normalized spacial score (nSPS) is 26.6. The zero-order valence-electron chi connectivity index (χ0n) is 17.5. The summed E-state index contributed by atoms with van der Waals surface area (Å²) in [5.41, 5.74) is 8.36. The van der Waals surface area contributed by atoms with Crippen molar-refractivity contribution in [1.29, 1.82) is 0 Å². The Morgan fingerprint density at radius 3 is 2.80 bits per heavy atom. The van der Waals surface area contributed by atoms with Gasteiger partial charge in [0, 0.05) is 23.8 Å². The van der Waals surface area contributed by atoms with Gasteiger partial charge in [-0.25, -0.2) is 9.97 Å². The third-order valence-corrected chi connectivity index (χ3v) is 6.76. The van der Waals surface area contributed by atoms with Crippen LogP contribution < -0.4 is 5.32 Å². The standard InChI is InChI=1S/C23H29N5O2/c1-2-30-22(29)20-18-12-11-16-15-24-23(25-17-9-5-3-6-10-17)26-19(16)21(18)28(27-20)13-7-4-8-14-28/h3,5-6,9-10,15,18,20-21H,2,4,7-8,11-14H2,1H3,(H,24,25,26). The van der Waals surface area contributed by atoms with E-state index in [-0.39, 0.29) is 24.0 Å². The van der Waals surface area contributed by atoms with Crippen molar-refractivity contribution in [2.24, 2.45) is 5.92 Å². The van der Waals surface area contributed by atoms with E-state index in [2.05, 4.69) is 10.3 Å². The van der Waals surface area contributed by atoms with E-state index in [1.165, 1.54) is 12.0 Å². The molecule has 3 unspecified atom stereocenters. The average molecular weight is 408 g/mol. The Balaban J connectivity index is 1.52. The van der Waals surface area contributed by atoms with Gasteiger partial charge in [0.05, 0.1) is 19.7 Å². The van der Waals surface area contributed by atoms with Crippen LogP contribution in [0.15, 0.2) is 36.5 Å². The molecule has 1 aliphatic carbocycles. The van der Waals surface area contributed by atoms with Crippen LogP contribution in [0.5, 0.6) is 0 Å². The molecule has 158 valence electrons. The molecule has 2 saturated heterocycles. The highest BCUT2D eigenvalue weighted by Crippen LogP contribution is 2.55. The van der Waals surface area contributed by atoms with Crippen molar-refractivity contribution in [1.82, 2.24) is 9.97 Å². The molecule has 0 bridgehead atoms. The van der Waals surface area contributed by atoms with E-state index < -0.39 is 0 Å². The molecule has 7 heteroatoms. The van der Waals surface area contributed by atoms with E-state index in [1.54, 1.807) is 0 Å². The molecule has 5 rings (SSSR count). The molecule has 2 fully saturated rings. The molecule has 1 aromatic heterocycles. The second-order valence-electron chi connectivity index (χ2n) is 8.55. The van der Waals surface area contributed by atoms with Crippen molar-refractivity contribution in [3.8, 4) is 0 Å². The summed E-state index contributed by atoms with van der Waals surface area (Å²) in [6.07, 6.45) is 7.28. The molecule has 0 radical (unpaired) electrons. The molecule has 30 heavy (non-hydrogen) atoms. The number of aromatic nitrogens is 2. The molecule has 1 aromatic carbocycles. The van der Waals surface area contributed by atoms with Crippen LogP contribution in [-0.2, 0) is 16.0 Å². The molecule has 1 N–H and O–H groups in total. The summed E-state index contributed by atoms with van der Waals surface area (Å²) in [5.74, 6) is 0.581. The highest BCUT2D eigenvalue weighted by molar-refractivity contribution is 5.79. The average Bonchev–Trinajstić information content (AvgIpc) is 3.09. The summed E-state index contributed by atoms with van der Waals surface area (Å²) in [6, 6.07) is 9.71. The second-order valence-corrected chi connectivity index (χ2v) is 8.55. The first kappa shape index (κ1) is 19.5. The smallest absolute Gasteiger partial charge is 0.292 e. The van der Waals surface area contributed by atoms with Crippen LogP contribution in [0.25, 0.3) is 5.43 Å². The van der Waals surface area contributed by atoms with Crippen molar-refractivity contribution in [2.75, 3.05) is 25.0 Å². The number of benzene rings is 1. The first-order chi connectivity index (χ1) is 14.7. The van der Waals surface area contributed by atoms with Crippen molar-refractivity contribution < 1.29 is 14.1 Å². The largest absolute Gasteiger partial charge is 0.467 e. The number of anilines is 2. The quantitative estimate of drug-likeness (QED) is 0.611. The summed E-state index contributed by atoms with van der Waals surface area (Å²) in [7, 11) is 0. The van der Waals surface area contributed by atoms with Gasteiger partial charge in [-0.15, -0.1) is 0 Å². The number of hydrogen-bond donors (Lipinski definition) is 1. The van der Waals surface area contributed by atoms with Crippen molar-refractivity contribution in [2.45, 2.75) is 51.1 Å². The number of ether oxygens (including phenoxy) is 1. The maximum absolute atomic E-state index is 12.8. The van der Waals surface area contributed by atoms with Gasteiger partial charge < -0.3 is 20.1 Å². The molecule has 2 aromatic rings. The van der Waals surface area contributed by atoms with Gasteiger partial charge in [0.2, 0.25) is 5.95 Å². The lowest BCUT2D eigenvalue weighted by Gasteiger charge is -2.52. The SMILES string of the molecule is CCOC(=O)C1[N-][N+]2(CCCCC2)C2c3nc(Nc4ccccc4)ncc3CCC12. The van der Waals surface area contributed by atoms with Crippen molar-refractivity contribution in [3.05, 3.63) is 53.2 Å². The predicted octanol–water partition coefficient (Wildman–Crippen LogP) is 4.06. The van der Waals surface area contributed by atoms with Crippen LogP contribution >= 0.6 is 0 Å². The number of hydrogen-bond acceptors (Lipinski definition) is 5. The first-order valence-corrected chi connectivity index (χ1v) is 11.1. The maximum atomic E-state index is 12.8. The van der Waals surface area contributed by atoms with E-state index in [0.717, 1.165) is 50.2 Å². The van der Waals surface area contributed by atoms with Crippen LogP contribution in [0.4, 0.5) is 11.6 Å². The number of rotatable bonds is 4. The van der Waals surface area contributed by atoms with Crippen LogP contribution in [0.1, 0.15) is 49.9 Å². The minimum Gasteiger partial charge on any atom is -0.467 e. The predicted molar refractivity (Wildman–Crippen MR) is 114 cm³/mol. The molecule has 3 aliphatic rings. The summed E-state index contributed by atoms with van der Waals surface area (Å²) in [5, 5.41) is 3.33. The summed E-state index contributed by atoms with van der Waals surface area (Å²) in [4.78, 5) is 22.3. The minimum atomic E-state index is -0.387. The van der Waals surface area contributed by atoms with E-state index >= 15 is 0 Å². The second kappa shape index (κ2) is 7.96. The highest BCUT2D eigenvalue weighted by atomic mass is 16.5. The molecular weight excluding hydrogens is 378 g/mol. The lowest BCUT2D eigenvalue weighted by molar-refractivity contribution is -0.921. The van der Waals surface area contributed by atoms with Gasteiger partial charge >= 0.3 is 0 Å². The highest BCUT2D eigenvalue weighted by Gasteiger charge is 2.52. The van der Waals surface area contributed by atoms with Crippen LogP contribution in [0.3, 0.4) is 0 Å². The summed E-state index contributed by atoms with van der Waals surface area (Å²) in [6.45, 7) is 4.20. The minimum absolute atomic E-state index is 0.114. The third kappa shape index (κ3) is 3.36.